The van der Waals surface area contributed by atoms with Crippen LogP contribution in [0.15, 0.2) is 30.0 Å². The third-order valence-corrected chi connectivity index (χ3v) is 3.94. The molecule has 0 fully saturated rings. The molecule has 0 spiro atoms. The largest absolute Gasteiger partial charge is 0.356 e. The summed E-state index contributed by atoms with van der Waals surface area (Å²) in [5, 5.41) is 7.65. The number of rotatable bonds is 2. The molecule has 23 heavy (non-hydrogen) atoms. The standard InChI is InChI=1S/C18H23N5/c1-6-13-7-8-14-12(3)20-16(21-15(14)9-13)22-17-19-11(2)10-18(4,5)23-17/h7-10H,6H2,1-5H3,(H2,19,20,21,22,23)/p+1. The molecule has 0 unspecified atom stereocenters. The lowest BCUT2D eigenvalue weighted by molar-refractivity contribution is -0.531. The second-order valence-corrected chi connectivity index (χ2v) is 6.64. The lowest BCUT2D eigenvalue weighted by Gasteiger charge is -2.21. The molecule has 3 N–H and O–H groups in total. The smallest absolute Gasteiger partial charge is 0.269 e. The number of fused-ring (bicyclic) bond motifs is 1. The number of anilines is 1. The highest BCUT2D eigenvalue weighted by molar-refractivity contribution is 5.91. The Balaban J connectivity index is 1.96. The van der Waals surface area contributed by atoms with Crippen molar-refractivity contribution >= 4 is 22.8 Å². The van der Waals surface area contributed by atoms with E-state index >= 15 is 0 Å². The molecule has 0 bridgehead atoms. The summed E-state index contributed by atoms with van der Waals surface area (Å²) >= 11 is 0. The molecule has 2 aromatic rings. The fraction of sp³-hybridized carbons (Fsp3) is 0.389. The van der Waals surface area contributed by atoms with E-state index in [2.05, 4.69) is 70.6 Å². The van der Waals surface area contributed by atoms with Gasteiger partial charge in [0, 0.05) is 5.39 Å². The van der Waals surface area contributed by atoms with E-state index in [9.17, 15) is 0 Å². The molecule has 5 nitrogen and oxygen atoms in total. The summed E-state index contributed by atoms with van der Waals surface area (Å²) < 4.78 is 0. The highest BCUT2D eigenvalue weighted by Gasteiger charge is 2.25. The summed E-state index contributed by atoms with van der Waals surface area (Å²) in [6, 6.07) is 6.38. The van der Waals surface area contributed by atoms with Crippen LogP contribution >= 0.6 is 0 Å². The van der Waals surface area contributed by atoms with Crippen LogP contribution in [-0.4, -0.2) is 21.5 Å². The van der Waals surface area contributed by atoms with Crippen molar-refractivity contribution in [2.75, 3.05) is 5.32 Å². The first-order valence-electron chi connectivity index (χ1n) is 8.02. The molecule has 3 rings (SSSR count). The first-order chi connectivity index (χ1) is 10.9. The molecule has 1 aromatic heterocycles. The third kappa shape index (κ3) is 3.33. The van der Waals surface area contributed by atoms with Gasteiger partial charge in [0.05, 0.1) is 16.9 Å². The molecule has 0 saturated carbocycles. The summed E-state index contributed by atoms with van der Waals surface area (Å²) in [5.74, 6) is 1.41. The van der Waals surface area contributed by atoms with Crippen molar-refractivity contribution in [2.24, 2.45) is 0 Å². The van der Waals surface area contributed by atoms with Gasteiger partial charge in [0.1, 0.15) is 5.54 Å². The maximum atomic E-state index is 4.67. The van der Waals surface area contributed by atoms with E-state index in [-0.39, 0.29) is 5.54 Å². The fourth-order valence-electron chi connectivity index (χ4n) is 2.95. The SMILES string of the molecule is CCc1ccc2c(C)nc(NC3=[NH+]C(C)(C)C=C(C)N3)nc2c1. The van der Waals surface area contributed by atoms with E-state index in [1.54, 1.807) is 0 Å². The molecule has 120 valence electrons. The predicted molar refractivity (Wildman–Crippen MR) is 94.2 cm³/mol. The molecule has 0 amide bonds. The lowest BCUT2D eigenvalue weighted by atomic mass is 10.0. The van der Waals surface area contributed by atoms with Crippen molar-refractivity contribution in [1.82, 2.24) is 15.3 Å². The minimum Gasteiger partial charge on any atom is -0.269 e. The zero-order valence-corrected chi connectivity index (χ0v) is 14.4. The first kappa shape index (κ1) is 15.5. The predicted octanol–water partition coefficient (Wildman–Crippen LogP) is 1.63. The van der Waals surface area contributed by atoms with Crippen LogP contribution in [0.3, 0.4) is 0 Å². The van der Waals surface area contributed by atoms with E-state index in [0.29, 0.717) is 5.95 Å². The van der Waals surface area contributed by atoms with Gasteiger partial charge in [-0.25, -0.2) is 15.6 Å². The maximum Gasteiger partial charge on any atom is 0.356 e. The Labute approximate surface area is 137 Å². The Kier molecular flexibility index (Phi) is 3.80. The molecule has 0 aliphatic carbocycles. The Morgan fingerprint density at radius 3 is 2.70 bits per heavy atom. The quantitative estimate of drug-likeness (QED) is 0.789. The molecule has 1 aliphatic heterocycles. The van der Waals surface area contributed by atoms with E-state index < -0.39 is 0 Å². The van der Waals surface area contributed by atoms with Crippen molar-refractivity contribution in [3.63, 3.8) is 0 Å². The number of benzene rings is 1. The Bertz CT molecular complexity index is 818. The van der Waals surface area contributed by atoms with Gasteiger partial charge in [-0.1, -0.05) is 19.1 Å². The second kappa shape index (κ2) is 5.65. The van der Waals surface area contributed by atoms with Gasteiger partial charge in [0.15, 0.2) is 0 Å². The van der Waals surface area contributed by atoms with Crippen LogP contribution < -0.4 is 15.6 Å². The zero-order valence-electron chi connectivity index (χ0n) is 14.4. The summed E-state index contributed by atoms with van der Waals surface area (Å²) in [6.45, 7) is 10.5. The molecular weight excluding hydrogens is 286 g/mol. The molecule has 1 aromatic carbocycles. The average molecular weight is 310 g/mol. The second-order valence-electron chi connectivity index (χ2n) is 6.64. The Morgan fingerprint density at radius 1 is 1.22 bits per heavy atom. The number of allylic oxidation sites excluding steroid dienone is 1. The first-order valence-corrected chi connectivity index (χ1v) is 8.02. The number of nitrogens with zero attached hydrogens (tertiary/aromatic N) is 2. The number of aryl methyl sites for hydroxylation is 2. The Morgan fingerprint density at radius 2 is 2.00 bits per heavy atom. The highest BCUT2D eigenvalue weighted by Crippen LogP contribution is 2.19. The van der Waals surface area contributed by atoms with Crippen molar-refractivity contribution in [1.29, 1.82) is 0 Å². The monoisotopic (exact) mass is 310 g/mol. The normalized spacial score (nSPS) is 16.6. The highest BCUT2D eigenvalue weighted by atomic mass is 15.3. The minimum atomic E-state index is -0.112. The minimum absolute atomic E-state index is 0.112. The van der Waals surface area contributed by atoms with Crippen LogP contribution in [-0.2, 0) is 6.42 Å². The van der Waals surface area contributed by atoms with Crippen LogP contribution in [0.4, 0.5) is 5.95 Å². The van der Waals surface area contributed by atoms with E-state index in [4.69, 9.17) is 0 Å². The van der Waals surface area contributed by atoms with Crippen molar-refractivity contribution < 1.29 is 4.99 Å². The number of nitrogens with one attached hydrogen (secondary N) is 3. The van der Waals surface area contributed by atoms with Crippen LogP contribution in [0.2, 0.25) is 0 Å². The molecule has 0 saturated heterocycles. The van der Waals surface area contributed by atoms with Crippen molar-refractivity contribution in [3.8, 4) is 0 Å². The van der Waals surface area contributed by atoms with E-state index in [1.807, 2.05) is 13.8 Å². The van der Waals surface area contributed by atoms with Gasteiger partial charge in [-0.05, 0) is 51.8 Å². The van der Waals surface area contributed by atoms with Crippen LogP contribution in [0, 0.1) is 6.92 Å². The lowest BCUT2D eigenvalue weighted by Crippen LogP contribution is -2.89. The van der Waals surface area contributed by atoms with E-state index in [1.165, 1.54) is 5.56 Å². The van der Waals surface area contributed by atoms with Crippen LogP contribution in [0.1, 0.15) is 39.0 Å². The number of guanidine groups is 1. The van der Waals surface area contributed by atoms with Gasteiger partial charge in [0.2, 0.25) is 0 Å². The molecule has 0 atom stereocenters. The topological polar surface area (TPSA) is 63.8 Å². The van der Waals surface area contributed by atoms with Gasteiger partial charge in [-0.2, -0.15) is 4.98 Å². The maximum absolute atomic E-state index is 4.67. The van der Waals surface area contributed by atoms with Gasteiger partial charge < -0.3 is 0 Å². The van der Waals surface area contributed by atoms with Crippen molar-refractivity contribution in [3.05, 3.63) is 41.2 Å². The summed E-state index contributed by atoms with van der Waals surface area (Å²) in [4.78, 5) is 12.6. The number of aromatic nitrogens is 2. The zero-order chi connectivity index (χ0) is 16.6. The van der Waals surface area contributed by atoms with E-state index in [0.717, 1.165) is 34.7 Å². The molecule has 2 heterocycles. The van der Waals surface area contributed by atoms with Crippen LogP contribution in [0.25, 0.3) is 10.9 Å². The third-order valence-electron chi connectivity index (χ3n) is 3.94. The van der Waals surface area contributed by atoms with Gasteiger partial charge in [-0.15, -0.1) is 0 Å². The van der Waals surface area contributed by atoms with Crippen LogP contribution in [0.5, 0.6) is 0 Å². The summed E-state index contributed by atoms with van der Waals surface area (Å²) in [7, 11) is 0. The van der Waals surface area contributed by atoms with Gasteiger partial charge in [0.25, 0.3) is 5.95 Å². The number of hydrogen-bond donors (Lipinski definition) is 3. The molecule has 0 radical (unpaired) electrons. The average Bonchev–Trinajstić information content (AvgIpc) is 2.44. The molecule has 1 aliphatic rings. The van der Waals surface area contributed by atoms with Crippen molar-refractivity contribution in [2.45, 2.75) is 46.6 Å². The van der Waals surface area contributed by atoms with Gasteiger partial charge >= 0.3 is 5.96 Å². The van der Waals surface area contributed by atoms with Gasteiger partial charge in [-0.3, -0.25) is 4.99 Å². The summed E-state index contributed by atoms with van der Waals surface area (Å²) in [5.41, 5.74) is 4.22. The summed E-state index contributed by atoms with van der Waals surface area (Å²) in [6.07, 6.45) is 3.15. The number of hydrogen-bond acceptors (Lipinski definition) is 4. The molecule has 5 heteroatoms. The molecular formula is C18H24N5+. The fourth-order valence-corrected chi connectivity index (χ4v) is 2.95. The Hall–Kier alpha value is -2.43.